The number of nitrogens with one attached hydrogen (secondary N) is 1. The predicted molar refractivity (Wildman–Crippen MR) is 110 cm³/mol. The predicted octanol–water partition coefficient (Wildman–Crippen LogP) is 2.05. The van der Waals surface area contributed by atoms with E-state index in [1.807, 2.05) is 12.1 Å². The molecular weight excluding hydrogens is 384 g/mol. The number of fused-ring (bicyclic) bond motifs is 1. The van der Waals surface area contributed by atoms with E-state index in [0.717, 1.165) is 36.1 Å². The summed E-state index contributed by atoms with van der Waals surface area (Å²) in [6, 6.07) is 7.24. The van der Waals surface area contributed by atoms with Crippen molar-refractivity contribution in [1.82, 2.24) is 9.88 Å². The van der Waals surface area contributed by atoms with Gasteiger partial charge in [0.25, 0.3) is 0 Å². The number of rotatable bonds is 3. The van der Waals surface area contributed by atoms with E-state index in [1.165, 1.54) is 18.5 Å². The Balaban J connectivity index is 1.54. The van der Waals surface area contributed by atoms with Crippen LogP contribution in [-0.2, 0) is 16.0 Å². The number of primary amides is 1. The molecule has 3 N–H and O–H groups in total. The van der Waals surface area contributed by atoms with E-state index in [1.54, 1.807) is 4.90 Å². The van der Waals surface area contributed by atoms with Gasteiger partial charge >= 0.3 is 11.8 Å². The molecule has 1 aromatic heterocycles. The largest absolute Gasteiger partial charge is 0.493 e. The zero-order valence-electron chi connectivity index (χ0n) is 16.8. The number of amides is 3. The topological polar surface area (TPSA) is 115 Å². The molecule has 0 unspecified atom stereocenters. The summed E-state index contributed by atoms with van der Waals surface area (Å²) in [5.41, 5.74) is 7.81. The Hall–Kier alpha value is -3.42. The Morgan fingerprint density at radius 1 is 1.20 bits per heavy atom. The van der Waals surface area contributed by atoms with Gasteiger partial charge in [-0.25, -0.2) is 0 Å². The first-order valence-corrected chi connectivity index (χ1v) is 10.0. The van der Waals surface area contributed by atoms with Crippen molar-refractivity contribution in [1.29, 1.82) is 0 Å². The number of ether oxygens (including phenoxy) is 1. The molecule has 2 aromatic rings. The SMILES string of the molecule is C[C@@H]1CC[C@@H](c2ccc3c(c2)CCO3)N(C(=O)C(=O)Nc2cncc(C(N)=O)c2)C1. The van der Waals surface area contributed by atoms with Gasteiger partial charge in [0.05, 0.1) is 30.1 Å². The lowest BCUT2D eigenvalue weighted by atomic mass is 9.89. The maximum Gasteiger partial charge on any atom is 0.313 e. The van der Waals surface area contributed by atoms with Gasteiger partial charge in [-0.1, -0.05) is 13.0 Å². The molecule has 1 fully saturated rings. The van der Waals surface area contributed by atoms with Gasteiger partial charge in [-0.05, 0) is 48.1 Å². The highest BCUT2D eigenvalue weighted by Crippen LogP contribution is 2.36. The lowest BCUT2D eigenvalue weighted by Gasteiger charge is -2.38. The highest BCUT2D eigenvalue weighted by Gasteiger charge is 2.34. The van der Waals surface area contributed by atoms with E-state index in [-0.39, 0.29) is 17.3 Å². The van der Waals surface area contributed by atoms with Crippen LogP contribution in [0.5, 0.6) is 5.75 Å². The molecular formula is C22H24N4O4. The second kappa shape index (κ2) is 8.14. The number of carbonyl (C=O) groups excluding carboxylic acids is 3. The molecule has 3 amide bonds. The molecule has 0 spiro atoms. The van der Waals surface area contributed by atoms with Gasteiger partial charge in [0.15, 0.2) is 0 Å². The molecule has 8 nitrogen and oxygen atoms in total. The molecule has 2 aliphatic heterocycles. The normalized spacial score (nSPS) is 20.2. The number of carbonyl (C=O) groups is 3. The number of likely N-dealkylation sites (tertiary alicyclic amines) is 1. The zero-order valence-corrected chi connectivity index (χ0v) is 16.8. The average molecular weight is 408 g/mol. The number of anilines is 1. The highest BCUT2D eigenvalue weighted by atomic mass is 16.5. The molecule has 4 rings (SSSR count). The van der Waals surface area contributed by atoms with Crippen molar-refractivity contribution in [2.75, 3.05) is 18.5 Å². The second-order valence-corrected chi connectivity index (χ2v) is 7.90. The number of piperidine rings is 1. The van der Waals surface area contributed by atoms with Gasteiger partial charge in [0, 0.05) is 19.2 Å². The Kier molecular flexibility index (Phi) is 5.39. The van der Waals surface area contributed by atoms with E-state index < -0.39 is 17.7 Å². The van der Waals surface area contributed by atoms with Crippen LogP contribution in [0.25, 0.3) is 0 Å². The summed E-state index contributed by atoms with van der Waals surface area (Å²) >= 11 is 0. The van der Waals surface area contributed by atoms with Gasteiger partial charge in [-0.2, -0.15) is 0 Å². The molecule has 2 atom stereocenters. The molecule has 3 heterocycles. The summed E-state index contributed by atoms with van der Waals surface area (Å²) in [4.78, 5) is 42.6. The first-order chi connectivity index (χ1) is 14.4. The Morgan fingerprint density at radius 3 is 2.83 bits per heavy atom. The van der Waals surface area contributed by atoms with Crippen LogP contribution in [0.2, 0.25) is 0 Å². The lowest BCUT2D eigenvalue weighted by Crippen LogP contribution is -2.46. The van der Waals surface area contributed by atoms with Crippen molar-refractivity contribution in [3.63, 3.8) is 0 Å². The van der Waals surface area contributed by atoms with Gasteiger partial charge in [-0.3, -0.25) is 19.4 Å². The maximum atomic E-state index is 13.1. The summed E-state index contributed by atoms with van der Waals surface area (Å²) in [6.45, 7) is 3.25. The second-order valence-electron chi connectivity index (χ2n) is 7.90. The van der Waals surface area contributed by atoms with Gasteiger partial charge in [-0.15, -0.1) is 0 Å². The third-order valence-corrected chi connectivity index (χ3v) is 5.65. The van der Waals surface area contributed by atoms with Crippen LogP contribution >= 0.6 is 0 Å². The number of nitrogens with two attached hydrogens (primary N) is 1. The van der Waals surface area contributed by atoms with E-state index >= 15 is 0 Å². The minimum absolute atomic E-state index is 0.157. The summed E-state index contributed by atoms with van der Waals surface area (Å²) in [5.74, 6) is -0.832. The van der Waals surface area contributed by atoms with Crippen molar-refractivity contribution in [2.24, 2.45) is 11.7 Å². The number of aromatic nitrogens is 1. The highest BCUT2D eigenvalue weighted by molar-refractivity contribution is 6.39. The van der Waals surface area contributed by atoms with Crippen molar-refractivity contribution in [2.45, 2.75) is 32.2 Å². The van der Waals surface area contributed by atoms with Gasteiger partial charge in [0.1, 0.15) is 5.75 Å². The van der Waals surface area contributed by atoms with Crippen LogP contribution in [0.15, 0.2) is 36.7 Å². The molecule has 0 aliphatic carbocycles. The molecule has 156 valence electrons. The summed E-state index contributed by atoms with van der Waals surface area (Å²) < 4.78 is 5.58. The maximum absolute atomic E-state index is 13.1. The van der Waals surface area contributed by atoms with Crippen molar-refractivity contribution in [3.05, 3.63) is 53.3 Å². The van der Waals surface area contributed by atoms with Crippen LogP contribution in [0.1, 0.15) is 47.3 Å². The molecule has 8 heteroatoms. The molecule has 0 bridgehead atoms. The summed E-state index contributed by atoms with van der Waals surface area (Å²) in [6.07, 6.45) is 5.30. The molecule has 2 aliphatic rings. The summed E-state index contributed by atoms with van der Waals surface area (Å²) in [5, 5.41) is 2.54. The molecule has 1 aromatic carbocycles. The quantitative estimate of drug-likeness (QED) is 0.755. The van der Waals surface area contributed by atoms with E-state index in [0.29, 0.717) is 19.1 Å². The number of hydrogen-bond acceptors (Lipinski definition) is 5. The average Bonchev–Trinajstić information content (AvgIpc) is 3.21. The molecule has 0 radical (unpaired) electrons. The van der Waals surface area contributed by atoms with Crippen molar-refractivity contribution < 1.29 is 19.1 Å². The molecule has 30 heavy (non-hydrogen) atoms. The van der Waals surface area contributed by atoms with E-state index in [9.17, 15) is 14.4 Å². The molecule has 0 saturated carbocycles. The first kappa shape index (κ1) is 19.9. The Bertz CT molecular complexity index is 1010. The Labute approximate surface area is 174 Å². The smallest absolute Gasteiger partial charge is 0.313 e. The van der Waals surface area contributed by atoms with Gasteiger partial charge in [0.2, 0.25) is 5.91 Å². The van der Waals surface area contributed by atoms with Crippen LogP contribution < -0.4 is 15.8 Å². The van der Waals surface area contributed by atoms with Crippen molar-refractivity contribution in [3.8, 4) is 5.75 Å². The van der Waals surface area contributed by atoms with Crippen molar-refractivity contribution >= 4 is 23.4 Å². The third-order valence-electron chi connectivity index (χ3n) is 5.65. The number of benzene rings is 1. The van der Waals surface area contributed by atoms with Crippen LogP contribution in [-0.4, -0.2) is 40.8 Å². The minimum atomic E-state index is -0.762. The fourth-order valence-corrected chi connectivity index (χ4v) is 4.10. The van der Waals surface area contributed by atoms with Crippen LogP contribution in [0.4, 0.5) is 5.69 Å². The third kappa shape index (κ3) is 3.98. The van der Waals surface area contributed by atoms with E-state index in [4.69, 9.17) is 10.5 Å². The number of hydrogen-bond donors (Lipinski definition) is 2. The Morgan fingerprint density at radius 2 is 2.03 bits per heavy atom. The van der Waals surface area contributed by atoms with Gasteiger partial charge < -0.3 is 20.7 Å². The number of pyridine rings is 1. The van der Waals surface area contributed by atoms with Crippen LogP contribution in [0.3, 0.4) is 0 Å². The first-order valence-electron chi connectivity index (χ1n) is 10.0. The minimum Gasteiger partial charge on any atom is -0.493 e. The van der Waals surface area contributed by atoms with E-state index in [2.05, 4.69) is 23.3 Å². The standard InChI is InChI=1S/C22H24N4O4/c1-13-2-4-18(14-3-5-19-15(8-14)6-7-30-19)26(12-13)22(29)21(28)25-17-9-16(20(23)27)10-24-11-17/h3,5,8-11,13,18H,2,4,6-7,12H2,1H3,(H2,23,27)(H,25,28)/t13-,18+/m1/s1. The lowest BCUT2D eigenvalue weighted by molar-refractivity contribution is -0.146. The molecule has 1 saturated heterocycles. The monoisotopic (exact) mass is 408 g/mol. The zero-order chi connectivity index (χ0) is 21.3. The fourth-order valence-electron chi connectivity index (χ4n) is 4.10. The summed E-state index contributed by atoms with van der Waals surface area (Å²) in [7, 11) is 0. The number of nitrogens with zero attached hydrogens (tertiary/aromatic N) is 2. The van der Waals surface area contributed by atoms with Crippen LogP contribution in [0, 0.1) is 5.92 Å². The fraction of sp³-hybridized carbons (Fsp3) is 0.364.